The van der Waals surface area contributed by atoms with Crippen LogP contribution < -0.4 is 0 Å². The first-order chi connectivity index (χ1) is 8.07. The second kappa shape index (κ2) is 6.81. The van der Waals surface area contributed by atoms with E-state index in [0.717, 1.165) is 26.2 Å². The van der Waals surface area contributed by atoms with E-state index < -0.39 is 10.1 Å². The van der Waals surface area contributed by atoms with Gasteiger partial charge in [-0.05, 0) is 13.0 Å². The molecule has 0 amide bonds. The van der Waals surface area contributed by atoms with E-state index in [1.807, 2.05) is 19.2 Å². The Morgan fingerprint density at radius 3 is 2.47 bits per heavy atom. The third-order valence-corrected chi connectivity index (χ3v) is 3.93. The zero-order valence-corrected chi connectivity index (χ0v) is 11.2. The predicted molar refractivity (Wildman–Crippen MR) is 67.1 cm³/mol. The van der Waals surface area contributed by atoms with Crippen LogP contribution in [-0.4, -0.2) is 63.8 Å². The fraction of sp³-hybridized carbons (Fsp3) is 0.727. The molecular weight excluding hydrogens is 240 g/mol. The summed E-state index contributed by atoms with van der Waals surface area (Å²) in [7, 11) is -2.12. The highest BCUT2D eigenvalue weighted by molar-refractivity contribution is 7.86. The average molecular weight is 260 g/mol. The summed E-state index contributed by atoms with van der Waals surface area (Å²) < 4.78 is 26.8. The molecule has 0 atom stereocenters. The number of nitrogens with zero attached hydrogens (tertiary/aromatic N) is 2. The van der Waals surface area contributed by atoms with Gasteiger partial charge in [-0.2, -0.15) is 8.42 Å². The first-order valence-electron chi connectivity index (χ1n) is 5.69. The molecule has 0 saturated carbocycles. The quantitative estimate of drug-likeness (QED) is 0.524. The Hall–Kier alpha value is -0.810. The van der Waals surface area contributed by atoms with E-state index in [0.29, 0.717) is 6.54 Å². The van der Waals surface area contributed by atoms with Crippen molar-refractivity contribution in [2.75, 3.05) is 45.6 Å². The van der Waals surface area contributed by atoms with Gasteiger partial charge >= 0.3 is 0 Å². The van der Waals surface area contributed by atoms with Gasteiger partial charge in [0.2, 0.25) is 0 Å². The van der Waals surface area contributed by atoms with Gasteiger partial charge in [0.05, 0.1) is 12.9 Å². The molecule has 0 aromatic heterocycles. The Bertz CT molecular complexity index is 378. The second-order valence-corrected chi connectivity index (χ2v) is 5.75. The van der Waals surface area contributed by atoms with Gasteiger partial charge in [0.25, 0.3) is 10.1 Å². The molecule has 0 aromatic carbocycles. The van der Waals surface area contributed by atoms with Gasteiger partial charge in [-0.25, -0.2) is 0 Å². The predicted octanol–water partition coefficient (Wildman–Crippen LogP) is 0.269. The van der Waals surface area contributed by atoms with E-state index in [9.17, 15) is 8.42 Å². The highest BCUT2D eigenvalue weighted by Crippen LogP contribution is 2.02. The third-order valence-electron chi connectivity index (χ3n) is 2.74. The third kappa shape index (κ3) is 5.37. The highest BCUT2D eigenvalue weighted by atomic mass is 32.2. The number of hydrogen-bond donors (Lipinski definition) is 0. The maximum Gasteiger partial charge on any atom is 0.268 e. The van der Waals surface area contributed by atoms with E-state index in [1.165, 1.54) is 7.11 Å². The standard InChI is InChI=1S/C11H20N2O3S/c1-3-4-5-12-6-8-13(9-7-12)10-11-17(14,15)16-2/h3,5H,6-11H2,1-2H3. The van der Waals surface area contributed by atoms with Crippen molar-refractivity contribution in [2.45, 2.75) is 6.92 Å². The largest absolute Gasteiger partial charge is 0.369 e. The smallest absolute Gasteiger partial charge is 0.268 e. The van der Waals surface area contributed by atoms with E-state index in [2.05, 4.69) is 19.7 Å². The molecule has 0 radical (unpaired) electrons. The van der Waals surface area contributed by atoms with Crippen LogP contribution >= 0.6 is 0 Å². The van der Waals surface area contributed by atoms with E-state index in [4.69, 9.17) is 0 Å². The van der Waals surface area contributed by atoms with Gasteiger partial charge in [0.15, 0.2) is 0 Å². The Morgan fingerprint density at radius 2 is 1.94 bits per heavy atom. The molecular formula is C11H20N2O3S. The van der Waals surface area contributed by atoms with Gasteiger partial charge in [0.1, 0.15) is 0 Å². The zero-order chi connectivity index (χ0) is 12.7. The van der Waals surface area contributed by atoms with E-state index >= 15 is 0 Å². The van der Waals surface area contributed by atoms with Crippen molar-refractivity contribution in [3.05, 3.63) is 18.0 Å². The van der Waals surface area contributed by atoms with Crippen LogP contribution in [0.25, 0.3) is 0 Å². The van der Waals surface area contributed by atoms with Gasteiger partial charge in [-0.15, -0.1) is 5.73 Å². The molecule has 0 aliphatic carbocycles. The number of allylic oxidation sites excluding steroid dienone is 1. The molecule has 6 heteroatoms. The minimum atomic E-state index is -3.33. The lowest BCUT2D eigenvalue weighted by molar-refractivity contribution is 0.175. The molecule has 1 fully saturated rings. The van der Waals surface area contributed by atoms with Gasteiger partial charge in [0, 0.05) is 38.9 Å². The monoisotopic (exact) mass is 260 g/mol. The van der Waals surface area contributed by atoms with Crippen molar-refractivity contribution in [3.63, 3.8) is 0 Å². The minimum absolute atomic E-state index is 0.0637. The molecule has 0 unspecified atom stereocenters. The van der Waals surface area contributed by atoms with Crippen molar-refractivity contribution in [1.29, 1.82) is 0 Å². The van der Waals surface area contributed by atoms with Crippen molar-refractivity contribution in [3.8, 4) is 0 Å². The summed E-state index contributed by atoms with van der Waals surface area (Å²) in [6.45, 7) is 6.05. The van der Waals surface area contributed by atoms with Crippen LogP contribution in [0.5, 0.6) is 0 Å². The van der Waals surface area contributed by atoms with Crippen molar-refractivity contribution in [2.24, 2.45) is 0 Å². The molecule has 1 rings (SSSR count). The van der Waals surface area contributed by atoms with Crippen LogP contribution in [0.2, 0.25) is 0 Å². The van der Waals surface area contributed by atoms with Crippen LogP contribution in [0.4, 0.5) is 0 Å². The van der Waals surface area contributed by atoms with Gasteiger partial charge in [-0.1, -0.05) is 0 Å². The van der Waals surface area contributed by atoms with Gasteiger partial charge < -0.3 is 4.90 Å². The molecule has 0 bridgehead atoms. The first kappa shape index (κ1) is 14.3. The number of hydrogen-bond acceptors (Lipinski definition) is 5. The Balaban J connectivity index is 2.31. The van der Waals surface area contributed by atoms with Crippen molar-refractivity contribution < 1.29 is 12.6 Å². The fourth-order valence-corrected chi connectivity index (χ4v) is 2.27. The van der Waals surface area contributed by atoms with Crippen molar-refractivity contribution >= 4 is 10.1 Å². The molecule has 1 saturated heterocycles. The molecule has 17 heavy (non-hydrogen) atoms. The lowest BCUT2D eigenvalue weighted by Crippen LogP contribution is -2.45. The Morgan fingerprint density at radius 1 is 1.29 bits per heavy atom. The Kier molecular flexibility index (Phi) is 5.71. The van der Waals surface area contributed by atoms with Gasteiger partial charge in [-0.3, -0.25) is 9.08 Å². The normalized spacial score (nSPS) is 17.6. The summed E-state index contributed by atoms with van der Waals surface area (Å²) in [6, 6.07) is 0. The highest BCUT2D eigenvalue weighted by Gasteiger charge is 2.17. The fourth-order valence-electron chi connectivity index (χ4n) is 1.62. The van der Waals surface area contributed by atoms with Crippen LogP contribution in [0.15, 0.2) is 18.0 Å². The summed E-state index contributed by atoms with van der Waals surface area (Å²) in [4.78, 5) is 4.32. The second-order valence-electron chi connectivity index (χ2n) is 3.89. The molecule has 1 aliphatic rings. The molecule has 5 nitrogen and oxygen atoms in total. The average Bonchev–Trinajstić information content (AvgIpc) is 2.35. The molecule has 0 spiro atoms. The summed E-state index contributed by atoms with van der Waals surface area (Å²) >= 11 is 0. The zero-order valence-electron chi connectivity index (χ0n) is 10.4. The van der Waals surface area contributed by atoms with E-state index in [1.54, 1.807) is 0 Å². The SMILES string of the molecule is CC=C=CN1CCN(CCS(=O)(=O)OC)CC1. The number of piperazine rings is 1. The maximum atomic E-state index is 11.2. The van der Waals surface area contributed by atoms with E-state index in [-0.39, 0.29) is 5.75 Å². The van der Waals surface area contributed by atoms with Crippen LogP contribution in [-0.2, 0) is 14.3 Å². The maximum absolute atomic E-state index is 11.2. The molecule has 98 valence electrons. The molecule has 0 aromatic rings. The summed E-state index contributed by atoms with van der Waals surface area (Å²) in [6.07, 6.45) is 3.82. The van der Waals surface area contributed by atoms with Crippen LogP contribution in [0.3, 0.4) is 0 Å². The lowest BCUT2D eigenvalue weighted by Gasteiger charge is -2.33. The molecule has 0 N–H and O–H groups in total. The summed E-state index contributed by atoms with van der Waals surface area (Å²) in [5.74, 6) is 0.0637. The summed E-state index contributed by atoms with van der Waals surface area (Å²) in [5.41, 5.74) is 3.04. The first-order valence-corrected chi connectivity index (χ1v) is 7.27. The number of rotatable bonds is 5. The molecule has 1 heterocycles. The topological polar surface area (TPSA) is 49.9 Å². The van der Waals surface area contributed by atoms with Crippen LogP contribution in [0, 0.1) is 0 Å². The van der Waals surface area contributed by atoms with Crippen molar-refractivity contribution in [1.82, 2.24) is 9.80 Å². The summed E-state index contributed by atoms with van der Waals surface area (Å²) in [5, 5.41) is 0. The minimum Gasteiger partial charge on any atom is -0.369 e. The van der Waals surface area contributed by atoms with Crippen LogP contribution in [0.1, 0.15) is 6.92 Å². The molecule has 1 aliphatic heterocycles. The lowest BCUT2D eigenvalue weighted by atomic mass is 10.3. The Labute approximate surface area is 103 Å².